The Balaban J connectivity index is 2.16. The third kappa shape index (κ3) is 2.70. The minimum absolute atomic E-state index is 0.282. The standard InChI is InChI=1S/C12H13BrFN3S/c1-7-12(13)10(17(2)16-7)6-18-11-4-3-8(15)5-9(11)14/h3-5H,6,15H2,1-2H3. The Morgan fingerprint density at radius 2 is 2.22 bits per heavy atom. The number of thioether (sulfide) groups is 1. The predicted octanol–water partition coefficient (Wildman–Crippen LogP) is 3.50. The zero-order chi connectivity index (χ0) is 13.3. The molecule has 0 unspecified atom stereocenters. The van der Waals surface area contributed by atoms with Crippen LogP contribution in [0.4, 0.5) is 10.1 Å². The first-order valence-corrected chi connectivity index (χ1v) is 7.12. The quantitative estimate of drug-likeness (QED) is 0.692. The summed E-state index contributed by atoms with van der Waals surface area (Å²) in [6.45, 7) is 1.93. The molecule has 0 amide bonds. The second kappa shape index (κ2) is 5.32. The summed E-state index contributed by atoms with van der Waals surface area (Å²) in [6, 6.07) is 4.74. The van der Waals surface area contributed by atoms with Crippen LogP contribution in [0.5, 0.6) is 0 Å². The van der Waals surface area contributed by atoms with Crippen LogP contribution in [0.1, 0.15) is 11.4 Å². The number of aryl methyl sites for hydroxylation is 2. The normalized spacial score (nSPS) is 10.9. The molecule has 0 aliphatic rings. The summed E-state index contributed by atoms with van der Waals surface area (Å²) in [7, 11) is 1.88. The summed E-state index contributed by atoms with van der Waals surface area (Å²) in [5.74, 6) is 0.369. The van der Waals surface area contributed by atoms with E-state index in [-0.39, 0.29) is 5.82 Å². The third-order valence-corrected chi connectivity index (χ3v) is 4.67. The van der Waals surface area contributed by atoms with Crippen molar-refractivity contribution in [3.63, 3.8) is 0 Å². The number of nitrogen functional groups attached to an aromatic ring is 1. The van der Waals surface area contributed by atoms with Gasteiger partial charge >= 0.3 is 0 Å². The maximum atomic E-state index is 13.6. The highest BCUT2D eigenvalue weighted by Gasteiger charge is 2.12. The third-order valence-electron chi connectivity index (χ3n) is 2.58. The lowest BCUT2D eigenvalue weighted by molar-refractivity contribution is 0.602. The van der Waals surface area contributed by atoms with Crippen LogP contribution in [0.2, 0.25) is 0 Å². The number of hydrogen-bond donors (Lipinski definition) is 1. The molecule has 0 bridgehead atoms. The van der Waals surface area contributed by atoms with Gasteiger partial charge in [0, 0.05) is 23.4 Å². The fourth-order valence-corrected chi connectivity index (χ4v) is 3.26. The largest absolute Gasteiger partial charge is 0.399 e. The first-order valence-electron chi connectivity index (χ1n) is 5.35. The molecule has 0 aliphatic heterocycles. The van der Waals surface area contributed by atoms with Crippen LogP contribution in [0, 0.1) is 12.7 Å². The molecule has 0 aliphatic carbocycles. The number of aromatic nitrogens is 2. The highest BCUT2D eigenvalue weighted by molar-refractivity contribution is 9.10. The first-order chi connectivity index (χ1) is 8.49. The molecule has 0 saturated heterocycles. The van der Waals surface area contributed by atoms with E-state index < -0.39 is 0 Å². The first kappa shape index (κ1) is 13.4. The number of benzene rings is 1. The van der Waals surface area contributed by atoms with E-state index in [9.17, 15) is 4.39 Å². The molecule has 1 heterocycles. The smallest absolute Gasteiger partial charge is 0.138 e. The fraction of sp³-hybridized carbons (Fsp3) is 0.250. The molecule has 0 saturated carbocycles. The minimum atomic E-state index is -0.282. The van der Waals surface area contributed by atoms with Crippen LogP contribution in [0.3, 0.4) is 0 Å². The van der Waals surface area contributed by atoms with Crippen LogP contribution in [-0.2, 0) is 12.8 Å². The van der Waals surface area contributed by atoms with E-state index in [0.717, 1.165) is 15.9 Å². The van der Waals surface area contributed by atoms with Crippen LogP contribution in [0.25, 0.3) is 0 Å². The molecule has 0 fully saturated rings. The zero-order valence-electron chi connectivity index (χ0n) is 10.1. The van der Waals surface area contributed by atoms with Crippen LogP contribution < -0.4 is 5.73 Å². The number of anilines is 1. The number of nitrogens with zero attached hydrogens (tertiary/aromatic N) is 2. The molecule has 2 aromatic rings. The summed E-state index contributed by atoms with van der Waals surface area (Å²) < 4.78 is 16.4. The average molecular weight is 330 g/mol. The van der Waals surface area contributed by atoms with Crippen LogP contribution in [0.15, 0.2) is 27.6 Å². The lowest BCUT2D eigenvalue weighted by atomic mass is 10.3. The number of nitrogens with two attached hydrogens (primary N) is 1. The Kier molecular flexibility index (Phi) is 3.97. The maximum Gasteiger partial charge on any atom is 0.138 e. The molecule has 0 atom stereocenters. The van der Waals surface area contributed by atoms with Gasteiger partial charge in [0.25, 0.3) is 0 Å². The van der Waals surface area contributed by atoms with E-state index in [1.165, 1.54) is 17.8 Å². The van der Waals surface area contributed by atoms with Crippen LogP contribution >= 0.6 is 27.7 Å². The van der Waals surface area contributed by atoms with Gasteiger partial charge in [0.15, 0.2) is 0 Å². The molecule has 3 nitrogen and oxygen atoms in total. The van der Waals surface area contributed by atoms with Crippen molar-refractivity contribution >= 4 is 33.4 Å². The molecular weight excluding hydrogens is 317 g/mol. The van der Waals surface area contributed by atoms with Crippen molar-refractivity contribution in [3.05, 3.63) is 39.9 Å². The highest BCUT2D eigenvalue weighted by atomic mass is 79.9. The van der Waals surface area contributed by atoms with Gasteiger partial charge < -0.3 is 5.73 Å². The molecule has 96 valence electrons. The number of halogens is 2. The van der Waals surface area contributed by atoms with Gasteiger partial charge in [0.1, 0.15) is 5.82 Å². The summed E-state index contributed by atoms with van der Waals surface area (Å²) in [5, 5.41) is 4.30. The summed E-state index contributed by atoms with van der Waals surface area (Å²) in [5.41, 5.74) is 7.93. The van der Waals surface area contributed by atoms with Crippen molar-refractivity contribution in [2.24, 2.45) is 7.05 Å². The number of rotatable bonds is 3. The zero-order valence-corrected chi connectivity index (χ0v) is 12.5. The average Bonchev–Trinajstić information content (AvgIpc) is 2.53. The van der Waals surface area contributed by atoms with Crippen molar-refractivity contribution in [2.45, 2.75) is 17.6 Å². The summed E-state index contributed by atoms with van der Waals surface area (Å²) in [6.07, 6.45) is 0. The SMILES string of the molecule is Cc1nn(C)c(CSc2ccc(N)cc2F)c1Br. The fourth-order valence-electron chi connectivity index (χ4n) is 1.62. The Morgan fingerprint density at radius 1 is 1.50 bits per heavy atom. The van der Waals surface area contributed by atoms with Gasteiger partial charge in [-0.1, -0.05) is 0 Å². The Hall–Kier alpha value is -1.01. The Labute approximate surface area is 118 Å². The van der Waals surface area contributed by atoms with Gasteiger partial charge in [-0.3, -0.25) is 4.68 Å². The lowest BCUT2D eigenvalue weighted by Gasteiger charge is -2.05. The van der Waals surface area contributed by atoms with Gasteiger partial charge in [0.2, 0.25) is 0 Å². The molecule has 6 heteroatoms. The van der Waals surface area contributed by atoms with E-state index in [2.05, 4.69) is 21.0 Å². The lowest BCUT2D eigenvalue weighted by Crippen LogP contribution is -1.97. The van der Waals surface area contributed by atoms with Crippen molar-refractivity contribution in [3.8, 4) is 0 Å². The minimum Gasteiger partial charge on any atom is -0.399 e. The molecule has 2 N–H and O–H groups in total. The topological polar surface area (TPSA) is 43.8 Å². The van der Waals surface area contributed by atoms with E-state index in [0.29, 0.717) is 16.3 Å². The molecule has 0 radical (unpaired) electrons. The highest BCUT2D eigenvalue weighted by Crippen LogP contribution is 2.30. The van der Waals surface area contributed by atoms with Crippen molar-refractivity contribution in [1.29, 1.82) is 0 Å². The molecule has 18 heavy (non-hydrogen) atoms. The van der Waals surface area contributed by atoms with Crippen molar-refractivity contribution in [1.82, 2.24) is 9.78 Å². The molecule has 1 aromatic heterocycles. The molecule has 2 rings (SSSR count). The summed E-state index contributed by atoms with van der Waals surface area (Å²) >= 11 is 4.92. The molecular formula is C12H13BrFN3S. The monoisotopic (exact) mass is 329 g/mol. The van der Waals surface area contributed by atoms with Gasteiger partial charge in [-0.2, -0.15) is 5.10 Å². The van der Waals surface area contributed by atoms with E-state index in [4.69, 9.17) is 5.73 Å². The Bertz CT molecular complexity index is 583. The molecule has 1 aromatic carbocycles. The number of hydrogen-bond acceptors (Lipinski definition) is 3. The Morgan fingerprint density at radius 3 is 2.78 bits per heavy atom. The van der Waals surface area contributed by atoms with Crippen molar-refractivity contribution in [2.75, 3.05) is 5.73 Å². The second-order valence-corrected chi connectivity index (χ2v) is 5.76. The van der Waals surface area contributed by atoms with Crippen LogP contribution in [-0.4, -0.2) is 9.78 Å². The molecule has 0 spiro atoms. The summed E-state index contributed by atoms with van der Waals surface area (Å²) in [4.78, 5) is 0.593. The predicted molar refractivity (Wildman–Crippen MR) is 76.0 cm³/mol. The van der Waals surface area contributed by atoms with Gasteiger partial charge in [-0.25, -0.2) is 4.39 Å². The van der Waals surface area contributed by atoms with E-state index in [1.807, 2.05) is 18.7 Å². The maximum absolute atomic E-state index is 13.6. The second-order valence-electron chi connectivity index (χ2n) is 3.95. The van der Waals surface area contributed by atoms with Crippen molar-refractivity contribution < 1.29 is 4.39 Å². The van der Waals surface area contributed by atoms with Gasteiger partial charge in [-0.05, 0) is 41.1 Å². The van der Waals surface area contributed by atoms with Gasteiger partial charge in [0.05, 0.1) is 15.9 Å². The van der Waals surface area contributed by atoms with E-state index >= 15 is 0 Å². The van der Waals surface area contributed by atoms with E-state index in [1.54, 1.807) is 12.1 Å². The van der Waals surface area contributed by atoms with Gasteiger partial charge in [-0.15, -0.1) is 11.8 Å².